The number of hydrogen-bond acceptors (Lipinski definition) is 4. The van der Waals surface area contributed by atoms with E-state index in [1.807, 2.05) is 0 Å². The first-order valence-corrected chi connectivity index (χ1v) is 6.74. The van der Waals surface area contributed by atoms with Gasteiger partial charge in [-0.25, -0.2) is 13.2 Å². The van der Waals surface area contributed by atoms with Crippen molar-refractivity contribution in [2.75, 3.05) is 4.72 Å². The van der Waals surface area contributed by atoms with Crippen molar-refractivity contribution in [3.05, 3.63) is 42.0 Å². The van der Waals surface area contributed by atoms with Gasteiger partial charge in [0.1, 0.15) is 10.6 Å². The number of aromatic amines is 1. The van der Waals surface area contributed by atoms with E-state index in [-0.39, 0.29) is 10.6 Å². The fourth-order valence-electron chi connectivity index (χ4n) is 1.40. The summed E-state index contributed by atoms with van der Waals surface area (Å²) in [7, 11) is -3.82. The number of nitrogens with one attached hydrogen (secondary N) is 2. The van der Waals surface area contributed by atoms with Gasteiger partial charge in [-0.3, -0.25) is 9.71 Å². The maximum Gasteiger partial charge on any atom is 0.352 e. The molecule has 0 aliphatic heterocycles. The Hall–Kier alpha value is -2.35. The smallest absolute Gasteiger partial charge is 0.352 e. The molecule has 3 N–H and O–H groups in total. The summed E-state index contributed by atoms with van der Waals surface area (Å²) in [5, 5.41) is 8.73. The summed E-state index contributed by atoms with van der Waals surface area (Å²) in [5.74, 6) is -1.22. The van der Waals surface area contributed by atoms with Gasteiger partial charge in [-0.1, -0.05) is 0 Å². The molecule has 0 aromatic carbocycles. The molecule has 0 saturated heterocycles. The van der Waals surface area contributed by atoms with Crippen molar-refractivity contribution in [2.24, 2.45) is 0 Å². The largest absolute Gasteiger partial charge is 0.477 e. The molecule has 2 aromatic rings. The van der Waals surface area contributed by atoms with E-state index in [0.29, 0.717) is 5.69 Å². The van der Waals surface area contributed by atoms with Crippen molar-refractivity contribution in [2.45, 2.75) is 11.8 Å². The summed E-state index contributed by atoms with van der Waals surface area (Å²) in [6.45, 7) is 1.78. The van der Waals surface area contributed by atoms with Crippen molar-refractivity contribution >= 4 is 21.7 Å². The first-order chi connectivity index (χ1) is 8.88. The molecule has 0 saturated carbocycles. The molecule has 8 heteroatoms. The number of aromatic carboxylic acids is 1. The van der Waals surface area contributed by atoms with Crippen LogP contribution in [0.15, 0.2) is 35.5 Å². The highest BCUT2D eigenvalue weighted by Gasteiger charge is 2.18. The van der Waals surface area contributed by atoms with Gasteiger partial charge >= 0.3 is 5.97 Å². The average Bonchev–Trinajstić information content (AvgIpc) is 2.82. The van der Waals surface area contributed by atoms with Crippen LogP contribution in [0.3, 0.4) is 0 Å². The summed E-state index contributed by atoms with van der Waals surface area (Å²) in [4.78, 5) is 16.9. The Balaban J connectivity index is 2.26. The standard InChI is InChI=1S/C11H11N3O4S/c1-7-2-3-8(5-12-7)14-19(17,18)9-4-10(11(15)16)13-6-9/h2-6,13-14H,1H3,(H,15,16). The molecular weight excluding hydrogens is 270 g/mol. The zero-order valence-electron chi connectivity index (χ0n) is 9.91. The predicted molar refractivity (Wildman–Crippen MR) is 67.5 cm³/mol. The van der Waals surface area contributed by atoms with Crippen molar-refractivity contribution in [3.63, 3.8) is 0 Å². The quantitative estimate of drug-likeness (QED) is 0.780. The second-order valence-corrected chi connectivity index (χ2v) is 5.53. The van der Waals surface area contributed by atoms with Gasteiger partial charge in [0.15, 0.2) is 0 Å². The fourth-order valence-corrected chi connectivity index (χ4v) is 2.43. The van der Waals surface area contributed by atoms with Gasteiger partial charge in [-0.2, -0.15) is 0 Å². The minimum Gasteiger partial charge on any atom is -0.477 e. The molecule has 0 aliphatic rings. The second-order valence-electron chi connectivity index (χ2n) is 3.85. The maximum atomic E-state index is 12.0. The van der Waals surface area contributed by atoms with E-state index >= 15 is 0 Å². The molecule has 2 rings (SSSR count). The van der Waals surface area contributed by atoms with Gasteiger partial charge in [0.05, 0.1) is 11.9 Å². The van der Waals surface area contributed by atoms with Gasteiger partial charge in [-0.15, -0.1) is 0 Å². The van der Waals surface area contributed by atoms with Gasteiger partial charge in [0.2, 0.25) is 0 Å². The maximum absolute atomic E-state index is 12.0. The third-order valence-electron chi connectivity index (χ3n) is 2.36. The third-order valence-corrected chi connectivity index (χ3v) is 3.72. The number of sulfonamides is 1. The molecule has 7 nitrogen and oxygen atoms in total. The average molecular weight is 281 g/mol. The number of aromatic nitrogens is 2. The highest BCUT2D eigenvalue weighted by molar-refractivity contribution is 7.92. The molecule has 0 fully saturated rings. The molecule has 0 spiro atoms. The molecule has 0 radical (unpaired) electrons. The summed E-state index contributed by atoms with van der Waals surface area (Å²) < 4.78 is 26.3. The number of rotatable bonds is 4. The molecule has 19 heavy (non-hydrogen) atoms. The summed E-state index contributed by atoms with van der Waals surface area (Å²) in [5.41, 5.74) is 0.879. The summed E-state index contributed by atoms with van der Waals surface area (Å²) in [6.07, 6.45) is 2.51. The van der Waals surface area contributed by atoms with E-state index in [9.17, 15) is 13.2 Å². The molecule has 100 valence electrons. The summed E-state index contributed by atoms with van der Waals surface area (Å²) >= 11 is 0. The Kier molecular flexibility index (Phi) is 3.26. The number of nitrogens with zero attached hydrogens (tertiary/aromatic N) is 1. The highest BCUT2D eigenvalue weighted by Crippen LogP contribution is 2.16. The van der Waals surface area contributed by atoms with Crippen molar-refractivity contribution in [1.82, 2.24) is 9.97 Å². The number of carboxylic acids is 1. The third kappa shape index (κ3) is 2.91. The highest BCUT2D eigenvalue weighted by atomic mass is 32.2. The first kappa shape index (κ1) is 13.1. The lowest BCUT2D eigenvalue weighted by atomic mass is 10.4. The van der Waals surface area contributed by atoms with Gasteiger partial charge < -0.3 is 10.1 Å². The second kappa shape index (κ2) is 4.73. The Labute approximate surface area is 109 Å². The lowest BCUT2D eigenvalue weighted by Gasteiger charge is -2.05. The molecule has 0 atom stereocenters. The number of pyridine rings is 1. The fraction of sp³-hybridized carbons (Fsp3) is 0.0909. The van der Waals surface area contributed by atoms with E-state index in [0.717, 1.165) is 18.0 Å². The molecule has 0 bridgehead atoms. The van der Waals surface area contributed by atoms with Crippen LogP contribution in [0.5, 0.6) is 0 Å². The molecule has 0 amide bonds. The number of H-pyrrole nitrogens is 1. The Morgan fingerprint density at radius 3 is 2.68 bits per heavy atom. The number of carboxylic acid groups (broad SMARTS) is 1. The van der Waals surface area contributed by atoms with Crippen LogP contribution in [0.2, 0.25) is 0 Å². The van der Waals surface area contributed by atoms with Gasteiger partial charge in [0, 0.05) is 11.9 Å². The summed E-state index contributed by atoms with van der Waals surface area (Å²) in [6, 6.07) is 4.29. The Morgan fingerprint density at radius 2 is 2.16 bits per heavy atom. The number of aryl methyl sites for hydroxylation is 1. The topological polar surface area (TPSA) is 112 Å². The normalized spacial score (nSPS) is 11.2. The van der Waals surface area contributed by atoms with Crippen LogP contribution in [0, 0.1) is 6.92 Å². The predicted octanol–water partition coefficient (Wildman–Crippen LogP) is 1.22. The molecular formula is C11H11N3O4S. The Morgan fingerprint density at radius 1 is 1.42 bits per heavy atom. The van der Waals surface area contributed by atoms with Crippen molar-refractivity contribution in [3.8, 4) is 0 Å². The van der Waals surface area contributed by atoms with Gasteiger partial charge in [-0.05, 0) is 25.1 Å². The van der Waals surface area contributed by atoms with Crippen LogP contribution in [-0.4, -0.2) is 29.5 Å². The van der Waals surface area contributed by atoms with E-state index < -0.39 is 16.0 Å². The number of hydrogen-bond donors (Lipinski definition) is 3. The zero-order chi connectivity index (χ0) is 14.0. The van der Waals surface area contributed by atoms with Crippen LogP contribution >= 0.6 is 0 Å². The van der Waals surface area contributed by atoms with Crippen LogP contribution in [-0.2, 0) is 10.0 Å². The first-order valence-electron chi connectivity index (χ1n) is 5.26. The number of carbonyl (C=O) groups is 1. The minimum absolute atomic E-state index is 0.148. The zero-order valence-corrected chi connectivity index (χ0v) is 10.7. The SMILES string of the molecule is Cc1ccc(NS(=O)(=O)c2c[nH]c(C(=O)O)c2)cn1. The lowest BCUT2D eigenvalue weighted by Crippen LogP contribution is -2.12. The molecule has 2 aromatic heterocycles. The monoisotopic (exact) mass is 281 g/mol. The van der Waals surface area contributed by atoms with E-state index in [2.05, 4.69) is 14.7 Å². The van der Waals surface area contributed by atoms with E-state index in [1.54, 1.807) is 19.1 Å². The van der Waals surface area contributed by atoms with Crippen molar-refractivity contribution < 1.29 is 18.3 Å². The minimum atomic E-state index is -3.82. The van der Waals surface area contributed by atoms with Gasteiger partial charge in [0.25, 0.3) is 10.0 Å². The van der Waals surface area contributed by atoms with Crippen LogP contribution in [0.1, 0.15) is 16.2 Å². The Bertz CT molecular complexity index is 704. The van der Waals surface area contributed by atoms with Crippen LogP contribution in [0.25, 0.3) is 0 Å². The van der Waals surface area contributed by atoms with E-state index in [1.165, 1.54) is 6.20 Å². The lowest BCUT2D eigenvalue weighted by molar-refractivity contribution is 0.0691. The molecule has 0 aliphatic carbocycles. The van der Waals surface area contributed by atoms with Crippen LogP contribution in [0.4, 0.5) is 5.69 Å². The molecule has 0 unspecified atom stereocenters. The van der Waals surface area contributed by atoms with E-state index in [4.69, 9.17) is 5.11 Å². The van der Waals surface area contributed by atoms with Crippen molar-refractivity contribution in [1.29, 1.82) is 0 Å². The molecule has 2 heterocycles. The number of anilines is 1. The van der Waals surface area contributed by atoms with Crippen LogP contribution < -0.4 is 4.72 Å².